The Bertz CT molecular complexity index is 1330. The highest BCUT2D eigenvalue weighted by Crippen LogP contribution is 2.27. The van der Waals surface area contributed by atoms with Crippen LogP contribution in [0.2, 0.25) is 10.0 Å². The number of rotatable bonds is 6. The van der Waals surface area contributed by atoms with Gasteiger partial charge >= 0.3 is 0 Å². The van der Waals surface area contributed by atoms with Crippen LogP contribution in [0.3, 0.4) is 0 Å². The first kappa shape index (κ1) is 21.2. The monoisotopic (exact) mass is 484 g/mol. The Kier molecular flexibility index (Phi) is 5.82. The lowest BCUT2D eigenvalue weighted by molar-refractivity contribution is 0.581. The van der Waals surface area contributed by atoms with Gasteiger partial charge in [0.05, 0.1) is 10.7 Å². The molecule has 0 aliphatic heterocycles. The van der Waals surface area contributed by atoms with Crippen LogP contribution in [-0.4, -0.2) is 29.6 Å². The van der Waals surface area contributed by atoms with Gasteiger partial charge in [-0.15, -0.1) is 5.10 Å². The van der Waals surface area contributed by atoms with Crippen LogP contribution in [0.1, 0.15) is 10.6 Å². The van der Waals surface area contributed by atoms with E-state index in [0.29, 0.717) is 17.2 Å². The molecule has 4 aromatic rings. The summed E-state index contributed by atoms with van der Waals surface area (Å²) in [6, 6.07) is 10.3. The molecule has 2 aromatic carbocycles. The number of aryl methyl sites for hydroxylation is 1. The molecule has 0 fully saturated rings. The average molecular weight is 485 g/mol. The van der Waals surface area contributed by atoms with Crippen molar-refractivity contribution >= 4 is 49.5 Å². The molecule has 2 heterocycles. The van der Waals surface area contributed by atoms with Crippen LogP contribution < -0.4 is 4.72 Å². The van der Waals surface area contributed by atoms with Crippen molar-refractivity contribution in [3.05, 3.63) is 68.9 Å². The molecule has 6 nitrogen and oxygen atoms in total. The van der Waals surface area contributed by atoms with Crippen LogP contribution in [0.5, 0.6) is 0 Å². The Labute approximate surface area is 186 Å². The number of nitrogens with one attached hydrogen (secondary N) is 1. The maximum Gasteiger partial charge on any atom is 0.242 e. The summed E-state index contributed by atoms with van der Waals surface area (Å²) in [5.41, 5.74) is 1.59. The van der Waals surface area contributed by atoms with Gasteiger partial charge in [0, 0.05) is 22.0 Å². The minimum Gasteiger partial charge on any atom is -0.211 e. The summed E-state index contributed by atoms with van der Waals surface area (Å²) in [6.45, 7) is 2.07. The van der Waals surface area contributed by atoms with Gasteiger partial charge in [-0.3, -0.25) is 0 Å². The molecule has 1 N–H and O–H groups in total. The molecular formula is C19H15Cl2FN4O2S2. The molecule has 0 spiro atoms. The van der Waals surface area contributed by atoms with E-state index in [4.69, 9.17) is 23.2 Å². The largest absolute Gasteiger partial charge is 0.242 e. The molecular weight excluding hydrogens is 470 g/mol. The fourth-order valence-corrected chi connectivity index (χ4v) is 5.74. The highest BCUT2D eigenvalue weighted by atomic mass is 35.5. The number of halogens is 3. The van der Waals surface area contributed by atoms with Crippen LogP contribution in [0.4, 0.5) is 4.39 Å². The number of aromatic nitrogens is 3. The van der Waals surface area contributed by atoms with Crippen molar-refractivity contribution in [3.63, 3.8) is 0 Å². The van der Waals surface area contributed by atoms with E-state index in [2.05, 4.69) is 14.8 Å². The first-order valence-electron chi connectivity index (χ1n) is 8.80. The van der Waals surface area contributed by atoms with E-state index in [-0.39, 0.29) is 27.3 Å². The van der Waals surface area contributed by atoms with Crippen molar-refractivity contribution in [3.8, 4) is 11.4 Å². The second-order valence-electron chi connectivity index (χ2n) is 6.47. The molecule has 4 rings (SSSR count). The van der Waals surface area contributed by atoms with Gasteiger partial charge in [-0.1, -0.05) is 34.5 Å². The zero-order chi connectivity index (χ0) is 21.5. The minimum absolute atomic E-state index is 0.0556. The normalized spacial score (nSPS) is 12.0. The molecule has 0 aliphatic rings. The summed E-state index contributed by atoms with van der Waals surface area (Å²) in [5.74, 6) is 0.187. The van der Waals surface area contributed by atoms with Gasteiger partial charge in [0.2, 0.25) is 15.0 Å². The fraction of sp³-hybridized carbons (Fsp3) is 0.158. The topological polar surface area (TPSA) is 76.4 Å². The van der Waals surface area contributed by atoms with Gasteiger partial charge in [0.15, 0.2) is 5.82 Å². The Balaban J connectivity index is 1.49. The van der Waals surface area contributed by atoms with E-state index in [1.54, 1.807) is 16.6 Å². The third-order valence-electron chi connectivity index (χ3n) is 4.44. The van der Waals surface area contributed by atoms with Crippen molar-refractivity contribution < 1.29 is 12.8 Å². The maximum absolute atomic E-state index is 13.1. The lowest BCUT2D eigenvalue weighted by Gasteiger charge is -2.08. The molecule has 0 radical (unpaired) electrons. The van der Waals surface area contributed by atoms with Gasteiger partial charge in [0.25, 0.3) is 0 Å². The van der Waals surface area contributed by atoms with Crippen molar-refractivity contribution in [2.75, 3.05) is 6.54 Å². The smallest absolute Gasteiger partial charge is 0.211 e. The third kappa shape index (κ3) is 4.21. The Morgan fingerprint density at radius 3 is 2.60 bits per heavy atom. The molecule has 0 saturated heterocycles. The molecule has 0 unspecified atom stereocenters. The summed E-state index contributed by atoms with van der Waals surface area (Å²) >= 11 is 13.3. The zero-order valence-electron chi connectivity index (χ0n) is 15.6. The first-order chi connectivity index (χ1) is 14.2. The third-order valence-corrected chi connectivity index (χ3v) is 7.81. The summed E-state index contributed by atoms with van der Waals surface area (Å²) in [7, 11) is -3.79. The molecule has 0 bridgehead atoms. The fourth-order valence-electron chi connectivity index (χ4n) is 2.90. The standard InChI is InChI=1S/C19H15Cl2FN4O2S2/c1-11-16(8-9-23-30(27,28)17-10-13(20)4-7-15(17)21)29-19-24-18(25-26(11)19)12-2-5-14(22)6-3-12/h2-7,10,23H,8-9H2,1H3. The maximum atomic E-state index is 13.1. The molecule has 156 valence electrons. The highest BCUT2D eigenvalue weighted by Gasteiger charge is 2.19. The van der Waals surface area contributed by atoms with Crippen LogP contribution >= 0.6 is 34.5 Å². The van der Waals surface area contributed by atoms with Crippen LogP contribution in [0, 0.1) is 12.7 Å². The van der Waals surface area contributed by atoms with Crippen LogP contribution in [-0.2, 0) is 16.4 Å². The number of benzene rings is 2. The van der Waals surface area contributed by atoms with Crippen molar-refractivity contribution in [1.82, 2.24) is 19.3 Å². The lowest BCUT2D eigenvalue weighted by atomic mass is 10.2. The number of hydrogen-bond donors (Lipinski definition) is 1. The van der Waals surface area contributed by atoms with Crippen molar-refractivity contribution in [2.24, 2.45) is 0 Å². The summed E-state index contributed by atoms with van der Waals surface area (Å²) in [6.07, 6.45) is 0.463. The summed E-state index contributed by atoms with van der Waals surface area (Å²) < 4.78 is 42.4. The quantitative estimate of drug-likeness (QED) is 0.428. The highest BCUT2D eigenvalue weighted by molar-refractivity contribution is 7.89. The minimum atomic E-state index is -3.79. The van der Waals surface area contributed by atoms with Gasteiger partial charge in [-0.2, -0.15) is 4.98 Å². The Hall–Kier alpha value is -2.04. The summed E-state index contributed by atoms with van der Waals surface area (Å²) in [5, 5.41) is 4.88. The molecule has 0 amide bonds. The molecule has 0 atom stereocenters. The van der Waals surface area contributed by atoms with Gasteiger partial charge < -0.3 is 0 Å². The number of nitrogens with zero attached hydrogens (tertiary/aromatic N) is 3. The van der Waals surface area contributed by atoms with Crippen LogP contribution in [0.15, 0.2) is 47.4 Å². The zero-order valence-corrected chi connectivity index (χ0v) is 18.7. The van der Waals surface area contributed by atoms with E-state index < -0.39 is 10.0 Å². The SMILES string of the molecule is Cc1c(CCNS(=O)(=O)c2cc(Cl)ccc2Cl)sc2nc(-c3ccc(F)cc3)nn12. The van der Waals surface area contributed by atoms with E-state index in [1.807, 2.05) is 6.92 Å². The molecule has 2 aromatic heterocycles. The number of fused-ring (bicyclic) bond motifs is 1. The van der Waals surface area contributed by atoms with E-state index in [0.717, 1.165) is 16.1 Å². The predicted octanol–water partition coefficient (Wildman–Crippen LogP) is 4.73. The predicted molar refractivity (Wildman–Crippen MR) is 116 cm³/mol. The number of sulfonamides is 1. The van der Waals surface area contributed by atoms with Gasteiger partial charge in [-0.25, -0.2) is 22.0 Å². The van der Waals surface area contributed by atoms with E-state index in [9.17, 15) is 12.8 Å². The second-order valence-corrected chi connectivity index (χ2v) is 10.1. The molecule has 0 saturated carbocycles. The van der Waals surface area contributed by atoms with Crippen molar-refractivity contribution in [1.29, 1.82) is 0 Å². The molecule has 30 heavy (non-hydrogen) atoms. The van der Waals surface area contributed by atoms with Gasteiger partial charge in [-0.05, 0) is 55.8 Å². The van der Waals surface area contributed by atoms with Crippen molar-refractivity contribution in [2.45, 2.75) is 18.2 Å². The van der Waals surface area contributed by atoms with E-state index in [1.165, 1.54) is 41.7 Å². The van der Waals surface area contributed by atoms with Crippen LogP contribution in [0.25, 0.3) is 16.3 Å². The lowest BCUT2D eigenvalue weighted by Crippen LogP contribution is -2.26. The van der Waals surface area contributed by atoms with E-state index >= 15 is 0 Å². The Morgan fingerprint density at radius 2 is 1.90 bits per heavy atom. The molecule has 0 aliphatic carbocycles. The molecule has 11 heteroatoms. The second kappa shape index (κ2) is 8.24. The number of hydrogen-bond acceptors (Lipinski definition) is 5. The Morgan fingerprint density at radius 1 is 1.17 bits per heavy atom. The first-order valence-corrected chi connectivity index (χ1v) is 11.9. The number of thiazole rings is 1. The average Bonchev–Trinajstić information content (AvgIpc) is 3.24. The van der Waals surface area contributed by atoms with Gasteiger partial charge in [0.1, 0.15) is 10.7 Å². The summed E-state index contributed by atoms with van der Waals surface area (Å²) in [4.78, 5) is 6.08.